The van der Waals surface area contributed by atoms with E-state index in [9.17, 15) is 14.4 Å². The molecule has 1 heterocycles. The van der Waals surface area contributed by atoms with Gasteiger partial charge < -0.3 is 15.3 Å². The second-order valence-corrected chi connectivity index (χ2v) is 7.25. The number of amides is 2. The number of nitrogens with two attached hydrogens (primary N) is 1. The molecule has 0 spiro atoms. The van der Waals surface area contributed by atoms with E-state index in [-0.39, 0.29) is 24.7 Å². The van der Waals surface area contributed by atoms with Crippen molar-refractivity contribution in [3.05, 3.63) is 0 Å². The van der Waals surface area contributed by atoms with Gasteiger partial charge in [-0.15, -0.1) is 5.06 Å². The van der Waals surface area contributed by atoms with E-state index >= 15 is 0 Å². The molecule has 0 aliphatic carbocycles. The fourth-order valence-electron chi connectivity index (χ4n) is 1.90. The number of imide groups is 1. The van der Waals surface area contributed by atoms with E-state index in [1.807, 2.05) is 27.7 Å². The zero-order chi connectivity index (χ0) is 17.0. The van der Waals surface area contributed by atoms with E-state index in [0.717, 1.165) is 0 Å². The van der Waals surface area contributed by atoms with E-state index in [1.54, 1.807) is 0 Å². The van der Waals surface area contributed by atoms with Crippen molar-refractivity contribution in [3.8, 4) is 0 Å². The van der Waals surface area contributed by atoms with Gasteiger partial charge >= 0.3 is 5.97 Å². The molecule has 1 aliphatic rings. The monoisotopic (exact) mass is 314 g/mol. The molecule has 0 atom stereocenters. The molecule has 1 rings (SSSR count). The number of nitrogens with zero attached hydrogens (tertiary/aromatic N) is 1. The summed E-state index contributed by atoms with van der Waals surface area (Å²) in [5.41, 5.74) is 5.05. The molecule has 7 nitrogen and oxygen atoms in total. The van der Waals surface area contributed by atoms with Gasteiger partial charge in [0.2, 0.25) is 0 Å². The first-order valence-electron chi connectivity index (χ1n) is 7.41. The minimum absolute atomic E-state index is 0.0487. The molecule has 22 heavy (non-hydrogen) atoms. The molecule has 2 amide bonds. The summed E-state index contributed by atoms with van der Waals surface area (Å²) in [7, 11) is 0. The first-order chi connectivity index (χ1) is 10.1. The summed E-state index contributed by atoms with van der Waals surface area (Å²) in [6.45, 7) is 9.07. The van der Waals surface area contributed by atoms with Crippen molar-refractivity contribution >= 4 is 17.8 Å². The molecule has 0 aromatic carbocycles. The number of carbonyl (C=O) groups is 3. The lowest BCUT2D eigenvalue weighted by atomic mass is 9.90. The molecule has 0 aromatic rings. The SMILES string of the molecule is CC(C)(CN)COCC(C)(C)CC(=O)ON1C(=O)CCC1=O. The normalized spacial score (nSPS) is 16.3. The van der Waals surface area contributed by atoms with Gasteiger partial charge in [0.05, 0.1) is 19.6 Å². The highest BCUT2D eigenvalue weighted by atomic mass is 16.7. The third kappa shape index (κ3) is 5.73. The van der Waals surface area contributed by atoms with Crippen LogP contribution in [0.2, 0.25) is 0 Å². The van der Waals surface area contributed by atoms with Crippen molar-refractivity contribution in [1.29, 1.82) is 0 Å². The van der Waals surface area contributed by atoms with Crippen LogP contribution in [0.1, 0.15) is 47.0 Å². The Morgan fingerprint density at radius 2 is 1.59 bits per heavy atom. The molecule has 1 fully saturated rings. The first-order valence-corrected chi connectivity index (χ1v) is 7.41. The Bertz CT molecular complexity index is 429. The predicted molar refractivity (Wildman–Crippen MR) is 79.2 cm³/mol. The van der Waals surface area contributed by atoms with E-state index in [4.69, 9.17) is 15.3 Å². The lowest BCUT2D eigenvalue weighted by molar-refractivity contribution is -0.199. The van der Waals surface area contributed by atoms with Crippen molar-refractivity contribution < 1.29 is 24.0 Å². The zero-order valence-corrected chi connectivity index (χ0v) is 13.8. The summed E-state index contributed by atoms with van der Waals surface area (Å²) in [4.78, 5) is 39.5. The Kier molecular flexibility index (Phi) is 6.08. The lowest BCUT2D eigenvalue weighted by Crippen LogP contribution is -2.35. The van der Waals surface area contributed by atoms with Gasteiger partial charge in [-0.1, -0.05) is 27.7 Å². The van der Waals surface area contributed by atoms with Crippen molar-refractivity contribution in [3.63, 3.8) is 0 Å². The molecule has 2 N–H and O–H groups in total. The molecule has 0 radical (unpaired) electrons. The number of hydrogen-bond acceptors (Lipinski definition) is 6. The average molecular weight is 314 g/mol. The minimum atomic E-state index is -0.615. The molecule has 1 saturated heterocycles. The second kappa shape index (κ2) is 7.19. The van der Waals surface area contributed by atoms with Crippen LogP contribution in [0.5, 0.6) is 0 Å². The average Bonchev–Trinajstić information content (AvgIpc) is 2.69. The van der Waals surface area contributed by atoms with Gasteiger partial charge in [0.15, 0.2) is 0 Å². The van der Waals surface area contributed by atoms with Gasteiger partial charge in [0.1, 0.15) is 0 Å². The van der Waals surface area contributed by atoms with Gasteiger partial charge in [-0.25, -0.2) is 4.79 Å². The molecular weight excluding hydrogens is 288 g/mol. The van der Waals surface area contributed by atoms with Crippen LogP contribution in [0.3, 0.4) is 0 Å². The summed E-state index contributed by atoms with van der Waals surface area (Å²) in [5.74, 6) is -1.57. The van der Waals surface area contributed by atoms with Crippen molar-refractivity contribution in [2.24, 2.45) is 16.6 Å². The quantitative estimate of drug-likeness (QED) is 0.671. The second-order valence-electron chi connectivity index (χ2n) is 7.25. The number of hydroxylamine groups is 2. The maximum Gasteiger partial charge on any atom is 0.333 e. The number of ether oxygens (including phenoxy) is 1. The van der Waals surface area contributed by atoms with E-state index < -0.39 is 23.2 Å². The summed E-state index contributed by atoms with van der Waals surface area (Å²) >= 11 is 0. The van der Waals surface area contributed by atoms with Crippen molar-refractivity contribution in [2.45, 2.75) is 47.0 Å². The summed E-state index contributed by atoms with van der Waals surface area (Å²) in [6, 6.07) is 0. The predicted octanol–water partition coefficient (Wildman–Crippen LogP) is 1.01. The number of carbonyl (C=O) groups excluding carboxylic acids is 3. The van der Waals surface area contributed by atoms with E-state index in [0.29, 0.717) is 24.8 Å². The Balaban J connectivity index is 2.41. The maximum atomic E-state index is 11.9. The Morgan fingerprint density at radius 3 is 2.09 bits per heavy atom. The molecule has 0 unspecified atom stereocenters. The van der Waals surface area contributed by atoms with Gasteiger partial charge in [0, 0.05) is 18.3 Å². The lowest BCUT2D eigenvalue weighted by Gasteiger charge is -2.27. The highest BCUT2D eigenvalue weighted by Crippen LogP contribution is 2.24. The summed E-state index contributed by atoms with van der Waals surface area (Å²) < 4.78 is 5.63. The van der Waals surface area contributed by atoms with Gasteiger partial charge in [-0.2, -0.15) is 0 Å². The highest BCUT2D eigenvalue weighted by molar-refractivity contribution is 6.01. The fourth-order valence-corrected chi connectivity index (χ4v) is 1.90. The van der Waals surface area contributed by atoms with Crippen LogP contribution < -0.4 is 5.73 Å². The van der Waals surface area contributed by atoms with Crippen LogP contribution in [-0.2, 0) is 24.0 Å². The van der Waals surface area contributed by atoms with Gasteiger partial charge in [-0.3, -0.25) is 9.59 Å². The van der Waals surface area contributed by atoms with Gasteiger partial charge in [-0.05, 0) is 12.0 Å². The van der Waals surface area contributed by atoms with E-state index in [1.165, 1.54) is 0 Å². The molecule has 0 aromatic heterocycles. The van der Waals surface area contributed by atoms with Crippen LogP contribution in [0.15, 0.2) is 0 Å². The minimum Gasteiger partial charge on any atom is -0.380 e. The third-order valence-corrected chi connectivity index (χ3v) is 3.36. The van der Waals surface area contributed by atoms with Crippen LogP contribution >= 0.6 is 0 Å². The zero-order valence-electron chi connectivity index (χ0n) is 13.8. The number of hydrogen-bond donors (Lipinski definition) is 1. The molecule has 7 heteroatoms. The van der Waals surface area contributed by atoms with Crippen molar-refractivity contribution in [2.75, 3.05) is 19.8 Å². The van der Waals surface area contributed by atoms with Gasteiger partial charge in [0.25, 0.3) is 11.8 Å². The Morgan fingerprint density at radius 1 is 1.09 bits per heavy atom. The van der Waals surface area contributed by atoms with E-state index in [2.05, 4.69) is 0 Å². The summed E-state index contributed by atoms with van der Waals surface area (Å²) in [6.07, 6.45) is 0.229. The molecule has 1 aliphatic heterocycles. The van der Waals surface area contributed by atoms with Crippen LogP contribution in [-0.4, -0.2) is 42.6 Å². The molecule has 0 bridgehead atoms. The van der Waals surface area contributed by atoms with Crippen LogP contribution in [0.4, 0.5) is 0 Å². The third-order valence-electron chi connectivity index (χ3n) is 3.36. The van der Waals surface area contributed by atoms with Crippen molar-refractivity contribution in [1.82, 2.24) is 5.06 Å². The fraction of sp³-hybridized carbons (Fsp3) is 0.800. The Labute approximate surface area is 131 Å². The van der Waals surface area contributed by atoms with Crippen LogP contribution in [0.25, 0.3) is 0 Å². The standard InChI is InChI=1S/C15H26N2O5/c1-14(2,9-21-10-15(3,4)8-16)7-13(20)22-17-11(18)5-6-12(17)19/h5-10,16H2,1-4H3. The first kappa shape index (κ1) is 18.6. The largest absolute Gasteiger partial charge is 0.380 e. The molecule has 0 saturated carbocycles. The summed E-state index contributed by atoms with van der Waals surface area (Å²) in [5, 5.41) is 0.566. The molecular formula is C15H26N2O5. The highest BCUT2D eigenvalue weighted by Gasteiger charge is 2.34. The number of rotatable bonds is 8. The molecule has 126 valence electrons. The smallest absolute Gasteiger partial charge is 0.333 e. The maximum absolute atomic E-state index is 11.9. The topological polar surface area (TPSA) is 98.9 Å². The Hall–Kier alpha value is -1.47. The van der Waals surface area contributed by atoms with Crippen LogP contribution in [0, 0.1) is 10.8 Å².